The second kappa shape index (κ2) is 2.47. The monoisotopic (exact) mass is 164 g/mol. The van der Waals surface area contributed by atoms with Crippen LogP contribution < -0.4 is 0 Å². The summed E-state index contributed by atoms with van der Waals surface area (Å²) >= 11 is 5.73. The summed E-state index contributed by atoms with van der Waals surface area (Å²) in [7, 11) is 0. The van der Waals surface area contributed by atoms with Crippen LogP contribution in [-0.4, -0.2) is 9.97 Å². The number of rotatable bonds is 0. The molecule has 0 saturated heterocycles. The number of pyridine rings is 2. The Balaban J connectivity index is 2.83. The van der Waals surface area contributed by atoms with E-state index in [-0.39, 0.29) is 0 Å². The molecule has 2 nitrogen and oxygen atoms in total. The average molecular weight is 165 g/mol. The molecule has 0 atom stereocenters. The minimum absolute atomic E-state index is 0.644. The first kappa shape index (κ1) is 6.55. The molecule has 3 heteroatoms. The second-order valence-electron chi connectivity index (χ2n) is 2.20. The molecule has 2 rings (SSSR count). The summed E-state index contributed by atoms with van der Waals surface area (Å²) in [6.45, 7) is 0. The predicted molar refractivity (Wildman–Crippen MR) is 44.5 cm³/mol. The van der Waals surface area contributed by atoms with E-state index in [1.807, 2.05) is 18.2 Å². The summed E-state index contributed by atoms with van der Waals surface area (Å²) in [6, 6.07) is 5.64. The fourth-order valence-electron chi connectivity index (χ4n) is 0.939. The maximum Gasteiger partial charge on any atom is 0.159 e. The molecule has 0 saturated carbocycles. The van der Waals surface area contributed by atoms with Gasteiger partial charge in [0.15, 0.2) is 5.65 Å². The highest BCUT2D eigenvalue weighted by atomic mass is 35.5. The lowest BCUT2D eigenvalue weighted by molar-refractivity contribution is 1.29. The fourth-order valence-corrected chi connectivity index (χ4v) is 1.10. The van der Waals surface area contributed by atoms with Gasteiger partial charge in [-0.3, -0.25) is 0 Å². The van der Waals surface area contributed by atoms with Crippen molar-refractivity contribution in [2.24, 2.45) is 0 Å². The lowest BCUT2D eigenvalue weighted by atomic mass is 10.3. The molecular formula is C8H5ClN2. The van der Waals surface area contributed by atoms with E-state index in [2.05, 4.69) is 9.97 Å². The van der Waals surface area contributed by atoms with E-state index < -0.39 is 0 Å². The third-order valence-electron chi connectivity index (χ3n) is 1.42. The number of hydrogen-bond acceptors (Lipinski definition) is 2. The molecule has 0 amide bonds. The zero-order chi connectivity index (χ0) is 7.68. The van der Waals surface area contributed by atoms with E-state index in [0.717, 1.165) is 11.0 Å². The van der Waals surface area contributed by atoms with Gasteiger partial charge in [0.25, 0.3) is 0 Å². The Morgan fingerprint density at radius 1 is 1.27 bits per heavy atom. The van der Waals surface area contributed by atoms with Crippen LogP contribution in [0.1, 0.15) is 0 Å². The van der Waals surface area contributed by atoms with Gasteiger partial charge in [-0.15, -0.1) is 0 Å². The van der Waals surface area contributed by atoms with Crippen molar-refractivity contribution in [3.05, 3.63) is 35.6 Å². The molecule has 54 valence electrons. The summed E-state index contributed by atoms with van der Waals surface area (Å²) in [4.78, 5) is 8.09. The predicted octanol–water partition coefficient (Wildman–Crippen LogP) is 2.28. The van der Waals surface area contributed by atoms with Crippen LogP contribution in [-0.2, 0) is 0 Å². The molecular weight excluding hydrogens is 160 g/mol. The smallest absolute Gasteiger partial charge is 0.159 e. The first-order valence-corrected chi connectivity index (χ1v) is 3.60. The molecule has 0 aliphatic heterocycles. The summed E-state index contributed by atoms with van der Waals surface area (Å²) in [5, 5.41) is 1.62. The van der Waals surface area contributed by atoms with Crippen LogP contribution in [0.25, 0.3) is 11.0 Å². The number of aromatic nitrogens is 2. The molecule has 0 spiro atoms. The van der Waals surface area contributed by atoms with E-state index in [1.165, 1.54) is 0 Å². The minimum Gasteiger partial charge on any atom is -0.237 e. The van der Waals surface area contributed by atoms with Crippen LogP contribution in [0, 0.1) is 0 Å². The van der Waals surface area contributed by atoms with Gasteiger partial charge in [-0.25, -0.2) is 9.97 Å². The average Bonchev–Trinajstić information content (AvgIpc) is 2.04. The first-order chi connectivity index (χ1) is 5.36. The topological polar surface area (TPSA) is 25.8 Å². The zero-order valence-corrected chi connectivity index (χ0v) is 6.42. The van der Waals surface area contributed by atoms with Gasteiger partial charge in [-0.2, -0.15) is 0 Å². The quantitative estimate of drug-likeness (QED) is 0.597. The molecule has 0 N–H and O–H groups in total. The van der Waals surface area contributed by atoms with Gasteiger partial charge in [0.05, 0.1) is 5.02 Å². The summed E-state index contributed by atoms with van der Waals surface area (Å²) in [5.74, 6) is 0. The van der Waals surface area contributed by atoms with Crippen LogP contribution in [0.3, 0.4) is 0 Å². The zero-order valence-electron chi connectivity index (χ0n) is 5.66. The van der Waals surface area contributed by atoms with Crippen molar-refractivity contribution in [2.75, 3.05) is 0 Å². The Hall–Kier alpha value is -1.15. The Morgan fingerprint density at radius 2 is 2.18 bits per heavy atom. The minimum atomic E-state index is 0.644. The molecule has 0 aromatic carbocycles. The van der Waals surface area contributed by atoms with Crippen molar-refractivity contribution in [2.45, 2.75) is 0 Å². The normalized spacial score (nSPS) is 10.3. The largest absolute Gasteiger partial charge is 0.237 e. The van der Waals surface area contributed by atoms with Crippen molar-refractivity contribution in [3.8, 4) is 0 Å². The van der Waals surface area contributed by atoms with Gasteiger partial charge < -0.3 is 0 Å². The molecule has 0 unspecified atom stereocenters. The van der Waals surface area contributed by atoms with Gasteiger partial charge in [-0.05, 0) is 18.2 Å². The van der Waals surface area contributed by atoms with E-state index in [1.54, 1.807) is 12.4 Å². The fraction of sp³-hybridized carbons (Fsp3) is 0. The van der Waals surface area contributed by atoms with Crippen LogP contribution >= 0.6 is 11.6 Å². The van der Waals surface area contributed by atoms with Crippen molar-refractivity contribution in [1.82, 2.24) is 9.97 Å². The first-order valence-electron chi connectivity index (χ1n) is 3.22. The van der Waals surface area contributed by atoms with E-state index in [4.69, 9.17) is 11.6 Å². The van der Waals surface area contributed by atoms with Gasteiger partial charge >= 0.3 is 0 Å². The summed E-state index contributed by atoms with van der Waals surface area (Å²) in [5.41, 5.74) is 0.733. The van der Waals surface area contributed by atoms with E-state index in [0.29, 0.717) is 5.02 Å². The maximum atomic E-state index is 5.73. The lowest BCUT2D eigenvalue weighted by Crippen LogP contribution is -1.80. The lowest BCUT2D eigenvalue weighted by Gasteiger charge is -1.93. The van der Waals surface area contributed by atoms with Crippen molar-refractivity contribution in [3.63, 3.8) is 0 Å². The highest BCUT2D eigenvalue weighted by Gasteiger charge is 1.93. The highest BCUT2D eigenvalue weighted by molar-refractivity contribution is 6.31. The van der Waals surface area contributed by atoms with E-state index in [9.17, 15) is 0 Å². The molecule has 2 aromatic rings. The standard InChI is InChI=1S/C8H5ClN2/c9-7-4-6-2-1-3-10-8(6)11-5-7/h1-5H. The summed E-state index contributed by atoms with van der Waals surface area (Å²) in [6.07, 6.45) is 3.31. The Bertz CT molecular complexity index is 387. The molecule has 0 aliphatic carbocycles. The van der Waals surface area contributed by atoms with Gasteiger partial charge in [0, 0.05) is 17.8 Å². The highest BCUT2D eigenvalue weighted by Crippen LogP contribution is 2.13. The molecule has 11 heavy (non-hydrogen) atoms. The molecule has 0 fully saturated rings. The summed E-state index contributed by atoms with van der Waals surface area (Å²) < 4.78 is 0. The van der Waals surface area contributed by atoms with Crippen LogP contribution in [0.2, 0.25) is 5.02 Å². The van der Waals surface area contributed by atoms with Gasteiger partial charge in [-0.1, -0.05) is 11.6 Å². The Morgan fingerprint density at radius 3 is 3.09 bits per heavy atom. The Kier molecular flexibility index (Phi) is 1.47. The molecule has 0 radical (unpaired) electrons. The van der Waals surface area contributed by atoms with Crippen LogP contribution in [0.4, 0.5) is 0 Å². The number of nitrogens with zero attached hydrogens (tertiary/aromatic N) is 2. The molecule has 2 heterocycles. The van der Waals surface area contributed by atoms with Crippen molar-refractivity contribution >= 4 is 22.6 Å². The van der Waals surface area contributed by atoms with Gasteiger partial charge in [0.2, 0.25) is 0 Å². The van der Waals surface area contributed by atoms with Crippen LogP contribution in [0.15, 0.2) is 30.6 Å². The molecule has 2 aromatic heterocycles. The van der Waals surface area contributed by atoms with Crippen molar-refractivity contribution < 1.29 is 0 Å². The SMILES string of the molecule is Clc1cnc2ncccc2c1. The molecule has 0 aliphatic rings. The number of hydrogen-bond donors (Lipinski definition) is 0. The van der Waals surface area contributed by atoms with Gasteiger partial charge in [0.1, 0.15) is 0 Å². The molecule has 0 bridgehead atoms. The third kappa shape index (κ3) is 1.17. The maximum absolute atomic E-state index is 5.73. The van der Waals surface area contributed by atoms with Crippen molar-refractivity contribution in [1.29, 1.82) is 0 Å². The second-order valence-corrected chi connectivity index (χ2v) is 2.64. The third-order valence-corrected chi connectivity index (χ3v) is 1.63. The van der Waals surface area contributed by atoms with E-state index >= 15 is 0 Å². The van der Waals surface area contributed by atoms with Crippen LogP contribution in [0.5, 0.6) is 0 Å². The number of fused-ring (bicyclic) bond motifs is 1. The Labute approximate surface area is 68.9 Å². The number of halogens is 1.